The molecule has 1 fully saturated rings. The molecule has 1 aliphatic heterocycles. The maximum Gasteiger partial charge on any atom is 0.323 e. The van der Waals surface area contributed by atoms with Gasteiger partial charge in [0.05, 0.1) is 13.2 Å². The highest BCUT2D eigenvalue weighted by Gasteiger charge is 2.10. The van der Waals surface area contributed by atoms with Gasteiger partial charge < -0.3 is 15.4 Å². The quantitative estimate of drug-likeness (QED) is 0.809. The molecule has 6 heteroatoms. The Balaban J connectivity index is 1.51. The van der Waals surface area contributed by atoms with Crippen molar-refractivity contribution in [2.24, 2.45) is 0 Å². The van der Waals surface area contributed by atoms with Crippen LogP contribution in [-0.2, 0) is 11.3 Å². The van der Waals surface area contributed by atoms with E-state index in [0.717, 1.165) is 38.5 Å². The maximum atomic E-state index is 12.1. The van der Waals surface area contributed by atoms with Crippen LogP contribution in [-0.4, -0.2) is 43.0 Å². The van der Waals surface area contributed by atoms with Crippen LogP contribution in [0.15, 0.2) is 48.5 Å². The van der Waals surface area contributed by atoms with Crippen molar-refractivity contribution < 1.29 is 14.3 Å². The van der Waals surface area contributed by atoms with Crippen LogP contribution < -0.4 is 10.6 Å². The molecule has 1 heterocycles. The number of amides is 2. The Morgan fingerprint density at radius 2 is 1.46 bits per heavy atom. The summed E-state index contributed by atoms with van der Waals surface area (Å²) in [4.78, 5) is 25.7. The number of nitrogens with one attached hydrogen (secondary N) is 2. The normalized spacial score (nSPS) is 14.7. The molecular formula is C20H23N3O3. The molecule has 0 aromatic heterocycles. The van der Waals surface area contributed by atoms with Gasteiger partial charge in [-0.1, -0.05) is 12.1 Å². The van der Waals surface area contributed by atoms with Gasteiger partial charge in [-0.2, -0.15) is 0 Å². The highest BCUT2D eigenvalue weighted by atomic mass is 16.5. The molecular weight excluding hydrogens is 330 g/mol. The maximum absolute atomic E-state index is 12.1. The SMILES string of the molecule is CC(=O)c1ccc(NC(=O)Nc2ccc(CN3CCOCC3)cc2)cc1. The van der Waals surface area contributed by atoms with Crippen LogP contribution in [0.2, 0.25) is 0 Å². The molecule has 2 N–H and O–H groups in total. The van der Waals surface area contributed by atoms with E-state index in [1.165, 1.54) is 12.5 Å². The van der Waals surface area contributed by atoms with Crippen molar-refractivity contribution in [1.82, 2.24) is 4.90 Å². The lowest BCUT2D eigenvalue weighted by Crippen LogP contribution is -2.35. The number of anilines is 2. The van der Waals surface area contributed by atoms with Gasteiger partial charge in [-0.15, -0.1) is 0 Å². The number of urea groups is 1. The number of nitrogens with zero attached hydrogens (tertiary/aromatic N) is 1. The second-order valence-electron chi connectivity index (χ2n) is 6.30. The van der Waals surface area contributed by atoms with Crippen molar-refractivity contribution in [1.29, 1.82) is 0 Å². The number of ketones is 1. The molecule has 1 saturated heterocycles. The summed E-state index contributed by atoms with van der Waals surface area (Å²) in [6.07, 6.45) is 0. The number of carbonyl (C=O) groups excluding carboxylic acids is 2. The largest absolute Gasteiger partial charge is 0.379 e. The number of ether oxygens (including phenoxy) is 1. The lowest BCUT2D eigenvalue weighted by atomic mass is 10.1. The number of morpholine rings is 1. The summed E-state index contributed by atoms with van der Waals surface area (Å²) >= 11 is 0. The third-order valence-electron chi connectivity index (χ3n) is 4.27. The fraction of sp³-hybridized carbons (Fsp3) is 0.300. The molecule has 3 rings (SSSR count). The van der Waals surface area contributed by atoms with Crippen LogP contribution in [0.1, 0.15) is 22.8 Å². The first-order chi connectivity index (χ1) is 12.6. The fourth-order valence-electron chi connectivity index (χ4n) is 2.79. The van der Waals surface area contributed by atoms with E-state index in [1.807, 2.05) is 24.3 Å². The molecule has 1 aliphatic rings. The molecule has 6 nitrogen and oxygen atoms in total. The second-order valence-corrected chi connectivity index (χ2v) is 6.30. The minimum absolute atomic E-state index is 0.00169. The van der Waals surface area contributed by atoms with E-state index in [-0.39, 0.29) is 11.8 Å². The van der Waals surface area contributed by atoms with E-state index < -0.39 is 0 Å². The minimum Gasteiger partial charge on any atom is -0.379 e. The monoisotopic (exact) mass is 353 g/mol. The summed E-state index contributed by atoms with van der Waals surface area (Å²) in [5, 5.41) is 5.56. The highest BCUT2D eigenvalue weighted by molar-refractivity contribution is 6.00. The van der Waals surface area contributed by atoms with E-state index >= 15 is 0 Å². The van der Waals surface area contributed by atoms with E-state index in [9.17, 15) is 9.59 Å². The van der Waals surface area contributed by atoms with Gasteiger partial charge in [0.1, 0.15) is 0 Å². The first-order valence-electron chi connectivity index (χ1n) is 8.68. The zero-order valence-electron chi connectivity index (χ0n) is 14.8. The molecule has 2 aromatic carbocycles. The molecule has 0 radical (unpaired) electrons. The molecule has 0 aliphatic carbocycles. The zero-order valence-corrected chi connectivity index (χ0v) is 14.8. The van der Waals surface area contributed by atoms with Crippen LogP contribution in [0.3, 0.4) is 0 Å². The summed E-state index contributed by atoms with van der Waals surface area (Å²) in [6.45, 7) is 5.87. The Labute approximate surface area is 153 Å². The predicted octanol–water partition coefficient (Wildman–Crippen LogP) is 3.37. The summed E-state index contributed by atoms with van der Waals surface area (Å²) < 4.78 is 5.35. The van der Waals surface area contributed by atoms with E-state index in [2.05, 4.69) is 15.5 Å². The van der Waals surface area contributed by atoms with Gasteiger partial charge >= 0.3 is 6.03 Å². The van der Waals surface area contributed by atoms with Gasteiger partial charge in [0.2, 0.25) is 0 Å². The van der Waals surface area contributed by atoms with Crippen molar-refractivity contribution in [3.05, 3.63) is 59.7 Å². The van der Waals surface area contributed by atoms with Crippen molar-refractivity contribution >= 4 is 23.2 Å². The summed E-state index contributed by atoms with van der Waals surface area (Å²) in [6, 6.07) is 14.3. The predicted molar refractivity (Wildman–Crippen MR) is 102 cm³/mol. The van der Waals surface area contributed by atoms with Gasteiger partial charge in [-0.05, 0) is 48.9 Å². The average Bonchev–Trinajstić information content (AvgIpc) is 2.64. The lowest BCUT2D eigenvalue weighted by molar-refractivity contribution is 0.0342. The standard InChI is InChI=1S/C20H23N3O3/c1-15(24)17-4-8-19(9-5-17)22-20(25)21-18-6-2-16(3-7-18)14-23-10-12-26-13-11-23/h2-9H,10-14H2,1H3,(H2,21,22,25). The van der Waals surface area contributed by atoms with Crippen LogP contribution in [0.5, 0.6) is 0 Å². The molecule has 0 atom stereocenters. The van der Waals surface area contributed by atoms with E-state index in [1.54, 1.807) is 24.3 Å². The van der Waals surface area contributed by atoms with Crippen molar-refractivity contribution in [2.75, 3.05) is 36.9 Å². The topological polar surface area (TPSA) is 70.7 Å². The molecule has 0 unspecified atom stereocenters. The van der Waals surface area contributed by atoms with Gasteiger partial charge in [0.25, 0.3) is 0 Å². The molecule has 0 saturated carbocycles. The molecule has 26 heavy (non-hydrogen) atoms. The number of carbonyl (C=O) groups is 2. The summed E-state index contributed by atoms with van der Waals surface area (Å²) in [7, 11) is 0. The van der Waals surface area contributed by atoms with Crippen LogP contribution >= 0.6 is 0 Å². The van der Waals surface area contributed by atoms with Crippen molar-refractivity contribution in [3.8, 4) is 0 Å². The zero-order chi connectivity index (χ0) is 18.4. The second kappa shape index (κ2) is 8.60. The van der Waals surface area contributed by atoms with Crippen molar-refractivity contribution in [3.63, 3.8) is 0 Å². The number of hydrogen-bond acceptors (Lipinski definition) is 4. The van der Waals surface area contributed by atoms with Crippen LogP contribution in [0.25, 0.3) is 0 Å². The number of hydrogen-bond donors (Lipinski definition) is 2. The van der Waals surface area contributed by atoms with Crippen molar-refractivity contribution in [2.45, 2.75) is 13.5 Å². The Morgan fingerprint density at radius 1 is 0.923 bits per heavy atom. The first kappa shape index (κ1) is 18.1. The Bertz CT molecular complexity index is 751. The van der Waals surface area contributed by atoms with Crippen LogP contribution in [0, 0.1) is 0 Å². The smallest absolute Gasteiger partial charge is 0.323 e. The molecule has 0 bridgehead atoms. The minimum atomic E-state index is -0.318. The van der Waals surface area contributed by atoms with Gasteiger partial charge in [-0.25, -0.2) is 4.79 Å². The van der Waals surface area contributed by atoms with E-state index in [4.69, 9.17) is 4.74 Å². The molecule has 136 valence electrons. The summed E-state index contributed by atoms with van der Waals surface area (Å²) in [5.74, 6) is -0.00169. The Hall–Kier alpha value is -2.70. The Kier molecular flexibility index (Phi) is 5.99. The number of rotatable bonds is 5. The summed E-state index contributed by atoms with van der Waals surface area (Å²) in [5.41, 5.74) is 3.19. The van der Waals surface area contributed by atoms with Gasteiger partial charge in [0.15, 0.2) is 5.78 Å². The molecule has 0 spiro atoms. The first-order valence-corrected chi connectivity index (χ1v) is 8.68. The third kappa shape index (κ3) is 5.15. The van der Waals surface area contributed by atoms with Crippen LogP contribution in [0.4, 0.5) is 16.2 Å². The third-order valence-corrected chi connectivity index (χ3v) is 4.27. The Morgan fingerprint density at radius 3 is 2.00 bits per heavy atom. The van der Waals surface area contributed by atoms with Gasteiger partial charge in [-0.3, -0.25) is 9.69 Å². The fourth-order valence-corrected chi connectivity index (χ4v) is 2.79. The number of benzene rings is 2. The highest BCUT2D eigenvalue weighted by Crippen LogP contribution is 2.14. The number of Topliss-reactive ketones (excluding diaryl/α,β-unsaturated/α-hetero) is 1. The molecule has 2 amide bonds. The molecule has 2 aromatic rings. The lowest BCUT2D eigenvalue weighted by Gasteiger charge is -2.26. The van der Waals surface area contributed by atoms with E-state index in [0.29, 0.717) is 11.3 Å². The van der Waals surface area contributed by atoms with Gasteiger partial charge in [0, 0.05) is 36.6 Å². The average molecular weight is 353 g/mol.